The summed E-state index contributed by atoms with van der Waals surface area (Å²) in [4.78, 5) is 37.9. The lowest BCUT2D eigenvalue weighted by atomic mass is 9.56. The number of ether oxygens (including phenoxy) is 3. The Balaban J connectivity index is 2.01. The van der Waals surface area contributed by atoms with Gasteiger partial charge < -0.3 is 14.2 Å². The predicted octanol–water partition coefficient (Wildman–Crippen LogP) is 1.18. The van der Waals surface area contributed by atoms with Crippen molar-refractivity contribution in [3.8, 4) is 0 Å². The molecule has 0 radical (unpaired) electrons. The first kappa shape index (κ1) is 14.9. The van der Waals surface area contributed by atoms with E-state index in [0.29, 0.717) is 12.8 Å². The molecule has 0 aromatic rings. The number of fused-ring (bicyclic) bond motifs is 2. The first-order valence-electron chi connectivity index (χ1n) is 7.92. The van der Waals surface area contributed by atoms with E-state index >= 15 is 0 Å². The molecular weight excluding hydrogens is 300 g/mol. The minimum atomic E-state index is -1.03. The second kappa shape index (κ2) is 4.04. The summed E-state index contributed by atoms with van der Waals surface area (Å²) in [6.07, 6.45) is 1.20. The largest absolute Gasteiger partial charge is 0.466 e. The zero-order valence-corrected chi connectivity index (χ0v) is 13.7. The van der Waals surface area contributed by atoms with Crippen LogP contribution in [0.5, 0.6) is 0 Å². The molecule has 2 heterocycles. The molecule has 1 saturated heterocycles. The molecule has 4 bridgehead atoms. The highest BCUT2D eigenvalue weighted by Crippen LogP contribution is 2.78. The van der Waals surface area contributed by atoms with Crippen molar-refractivity contribution in [1.82, 2.24) is 0 Å². The van der Waals surface area contributed by atoms with Gasteiger partial charge in [-0.25, -0.2) is 9.59 Å². The molecule has 0 unspecified atom stereocenters. The molecule has 2 saturated carbocycles. The molecule has 124 valence electrons. The van der Waals surface area contributed by atoms with E-state index in [1.165, 1.54) is 14.2 Å². The maximum absolute atomic E-state index is 13.2. The molecular formula is C17H20O6. The molecule has 2 aliphatic carbocycles. The fourth-order valence-corrected chi connectivity index (χ4v) is 5.90. The zero-order chi connectivity index (χ0) is 16.8. The van der Waals surface area contributed by atoms with Crippen molar-refractivity contribution in [2.45, 2.75) is 44.8 Å². The summed E-state index contributed by atoms with van der Waals surface area (Å²) in [7, 11) is 2.51. The van der Waals surface area contributed by atoms with E-state index in [4.69, 9.17) is 14.2 Å². The Labute approximate surface area is 134 Å². The van der Waals surface area contributed by atoms with Crippen molar-refractivity contribution in [2.24, 2.45) is 16.7 Å². The van der Waals surface area contributed by atoms with Crippen LogP contribution >= 0.6 is 0 Å². The van der Waals surface area contributed by atoms with Crippen LogP contribution in [0.1, 0.15) is 33.1 Å². The maximum atomic E-state index is 13.2. The van der Waals surface area contributed by atoms with Crippen LogP contribution in [0.2, 0.25) is 0 Å². The fourth-order valence-electron chi connectivity index (χ4n) is 5.90. The van der Waals surface area contributed by atoms with Crippen LogP contribution in [-0.4, -0.2) is 43.6 Å². The van der Waals surface area contributed by atoms with E-state index in [1.807, 2.05) is 0 Å². The highest BCUT2D eigenvalue weighted by atomic mass is 16.6. The molecule has 0 aromatic heterocycles. The van der Waals surface area contributed by atoms with Crippen LogP contribution in [0, 0.1) is 16.7 Å². The summed E-state index contributed by atoms with van der Waals surface area (Å²) in [5, 5.41) is 0. The maximum Gasteiger partial charge on any atom is 0.337 e. The van der Waals surface area contributed by atoms with E-state index in [-0.39, 0.29) is 28.3 Å². The van der Waals surface area contributed by atoms with Gasteiger partial charge in [0.05, 0.1) is 30.8 Å². The number of hydrogen-bond donors (Lipinski definition) is 0. The van der Waals surface area contributed by atoms with Crippen molar-refractivity contribution in [2.75, 3.05) is 14.2 Å². The summed E-state index contributed by atoms with van der Waals surface area (Å²) < 4.78 is 15.8. The van der Waals surface area contributed by atoms with E-state index in [1.54, 1.807) is 0 Å². The van der Waals surface area contributed by atoms with Gasteiger partial charge in [-0.2, -0.15) is 0 Å². The topological polar surface area (TPSA) is 78.9 Å². The summed E-state index contributed by atoms with van der Waals surface area (Å²) in [6.45, 7) is 4.15. The van der Waals surface area contributed by atoms with Crippen LogP contribution in [0.25, 0.3) is 0 Å². The van der Waals surface area contributed by atoms with E-state index in [2.05, 4.69) is 13.8 Å². The summed E-state index contributed by atoms with van der Waals surface area (Å²) in [5.74, 6) is -1.07. The first-order chi connectivity index (χ1) is 10.8. The summed E-state index contributed by atoms with van der Waals surface area (Å²) in [6, 6.07) is 0. The van der Waals surface area contributed by atoms with Crippen molar-refractivity contribution < 1.29 is 28.6 Å². The third kappa shape index (κ3) is 1.23. The Bertz CT molecular complexity index is 689. The van der Waals surface area contributed by atoms with Crippen molar-refractivity contribution in [3.63, 3.8) is 0 Å². The molecule has 0 aromatic carbocycles. The molecule has 4 atom stereocenters. The number of hydrogen-bond acceptors (Lipinski definition) is 6. The lowest BCUT2D eigenvalue weighted by molar-refractivity contribution is -0.143. The van der Waals surface area contributed by atoms with Crippen LogP contribution in [-0.2, 0) is 28.6 Å². The van der Waals surface area contributed by atoms with Crippen LogP contribution in [0.4, 0.5) is 0 Å². The number of carbonyl (C=O) groups excluding carboxylic acids is 3. The van der Waals surface area contributed by atoms with Gasteiger partial charge in [-0.1, -0.05) is 13.8 Å². The number of methoxy groups -OCH3 is 2. The van der Waals surface area contributed by atoms with Crippen LogP contribution in [0.3, 0.4) is 0 Å². The SMILES string of the molecule is COC(=O)C1=C(C(=O)OC)[C@]23C[C@H]4CC[C@]2(C(=O)[C@H]1O3)C4(C)C. The average Bonchev–Trinajstić information content (AvgIpc) is 3.14. The number of ketones is 1. The van der Waals surface area contributed by atoms with Gasteiger partial charge in [-0.3, -0.25) is 4.79 Å². The fraction of sp³-hybridized carbons (Fsp3) is 0.706. The molecule has 23 heavy (non-hydrogen) atoms. The van der Waals surface area contributed by atoms with Gasteiger partial charge in [0.2, 0.25) is 0 Å². The Morgan fingerprint density at radius 3 is 2.39 bits per heavy atom. The zero-order valence-electron chi connectivity index (χ0n) is 13.7. The van der Waals surface area contributed by atoms with Gasteiger partial charge in [-0.15, -0.1) is 0 Å². The normalized spacial score (nSPS) is 42.2. The lowest BCUT2D eigenvalue weighted by Gasteiger charge is -2.44. The Morgan fingerprint density at radius 2 is 1.83 bits per heavy atom. The summed E-state index contributed by atoms with van der Waals surface area (Å²) >= 11 is 0. The Morgan fingerprint density at radius 1 is 1.17 bits per heavy atom. The van der Waals surface area contributed by atoms with Gasteiger partial charge >= 0.3 is 11.9 Å². The van der Waals surface area contributed by atoms with Crippen LogP contribution < -0.4 is 0 Å². The van der Waals surface area contributed by atoms with Crippen molar-refractivity contribution in [1.29, 1.82) is 0 Å². The quantitative estimate of drug-likeness (QED) is 0.711. The standard InChI is InChI=1S/C17H20O6/c1-15(2)8-5-6-16(15)12(18)11-9(13(19)21-3)10(14(20)22-4)17(16,7-8)23-11/h8,11H,5-7H2,1-4H3/t8-,11+,16+,17-/m1/s1. The molecule has 0 amide bonds. The van der Waals surface area contributed by atoms with Crippen molar-refractivity contribution in [3.05, 3.63) is 11.1 Å². The molecule has 6 nitrogen and oxygen atoms in total. The van der Waals surface area contributed by atoms with Gasteiger partial charge in [0.15, 0.2) is 11.9 Å². The molecule has 4 aliphatic rings. The third-order valence-corrected chi connectivity index (χ3v) is 6.92. The summed E-state index contributed by atoms with van der Waals surface area (Å²) in [5.41, 5.74) is -1.78. The van der Waals surface area contributed by atoms with Gasteiger partial charge in [0.1, 0.15) is 5.60 Å². The first-order valence-corrected chi connectivity index (χ1v) is 7.92. The highest BCUT2D eigenvalue weighted by molar-refractivity contribution is 6.14. The molecule has 6 heteroatoms. The number of carbonyl (C=O) groups is 3. The van der Waals surface area contributed by atoms with Gasteiger partial charge in [0.25, 0.3) is 0 Å². The lowest BCUT2D eigenvalue weighted by Crippen LogP contribution is -2.54. The number of Topliss-reactive ketones (excluding diaryl/α,β-unsaturated/α-hetero) is 1. The molecule has 2 spiro atoms. The van der Waals surface area contributed by atoms with Gasteiger partial charge in [0, 0.05) is 0 Å². The number of esters is 2. The third-order valence-electron chi connectivity index (χ3n) is 6.92. The molecule has 3 fully saturated rings. The smallest absolute Gasteiger partial charge is 0.337 e. The molecule has 4 rings (SSSR count). The Kier molecular flexibility index (Phi) is 2.61. The Hall–Kier alpha value is -1.69. The molecule has 2 aliphatic heterocycles. The van der Waals surface area contributed by atoms with E-state index in [9.17, 15) is 14.4 Å². The molecule has 0 N–H and O–H groups in total. The van der Waals surface area contributed by atoms with Crippen molar-refractivity contribution >= 4 is 17.7 Å². The second-order valence-electron chi connectivity index (χ2n) is 7.53. The average molecular weight is 320 g/mol. The van der Waals surface area contributed by atoms with Gasteiger partial charge in [-0.05, 0) is 30.6 Å². The monoisotopic (exact) mass is 320 g/mol. The van der Waals surface area contributed by atoms with Crippen LogP contribution in [0.15, 0.2) is 11.1 Å². The predicted molar refractivity (Wildman–Crippen MR) is 77.2 cm³/mol. The second-order valence-corrected chi connectivity index (χ2v) is 7.53. The minimum Gasteiger partial charge on any atom is -0.466 e. The number of rotatable bonds is 2. The minimum absolute atomic E-state index is 0.0401. The van der Waals surface area contributed by atoms with E-state index < -0.39 is 29.1 Å². The van der Waals surface area contributed by atoms with E-state index in [0.717, 1.165) is 6.42 Å². The highest BCUT2D eigenvalue weighted by Gasteiger charge is 2.85.